The molecule has 3 heteroatoms. The fourth-order valence-corrected chi connectivity index (χ4v) is 1.20. The van der Waals surface area contributed by atoms with Gasteiger partial charge in [0, 0.05) is 5.56 Å². The highest BCUT2D eigenvalue weighted by molar-refractivity contribution is 5.83. The Morgan fingerprint density at radius 1 is 1.56 bits per heavy atom. The van der Waals surface area contributed by atoms with Crippen molar-refractivity contribution in [3.05, 3.63) is 29.3 Å². The average Bonchev–Trinajstić information content (AvgIpc) is 2.26. The Morgan fingerprint density at radius 3 is 2.94 bits per heavy atom. The van der Waals surface area contributed by atoms with Gasteiger partial charge in [0.05, 0.1) is 6.21 Å². The standard InChI is InChI=1S/C13H15NO2/c1-4-7-16-14-9-12-8-11(10(2)3)5-6-13(12)15/h1,5-6,8-10,15H,7H2,2-3H3/b14-9+. The van der Waals surface area contributed by atoms with Crippen LogP contribution in [0.5, 0.6) is 5.75 Å². The second kappa shape index (κ2) is 5.82. The number of oxime groups is 1. The maximum absolute atomic E-state index is 9.59. The predicted octanol–water partition coefficient (Wildman–Crippen LogP) is 2.50. The van der Waals surface area contributed by atoms with Crippen LogP contribution in [0.15, 0.2) is 23.4 Å². The van der Waals surface area contributed by atoms with E-state index in [1.807, 2.05) is 12.1 Å². The molecule has 0 fully saturated rings. The van der Waals surface area contributed by atoms with Gasteiger partial charge in [-0.25, -0.2) is 0 Å². The number of hydrogen-bond acceptors (Lipinski definition) is 3. The van der Waals surface area contributed by atoms with Gasteiger partial charge in [-0.3, -0.25) is 0 Å². The number of rotatable bonds is 4. The zero-order valence-corrected chi connectivity index (χ0v) is 9.47. The smallest absolute Gasteiger partial charge is 0.177 e. The molecular formula is C13H15NO2. The van der Waals surface area contributed by atoms with Crippen molar-refractivity contribution in [1.82, 2.24) is 0 Å². The minimum Gasteiger partial charge on any atom is -0.507 e. The van der Waals surface area contributed by atoms with Crippen molar-refractivity contribution < 1.29 is 9.94 Å². The topological polar surface area (TPSA) is 41.8 Å². The Morgan fingerprint density at radius 2 is 2.31 bits per heavy atom. The van der Waals surface area contributed by atoms with E-state index in [-0.39, 0.29) is 12.4 Å². The highest BCUT2D eigenvalue weighted by Gasteiger charge is 2.03. The molecule has 0 saturated carbocycles. The van der Waals surface area contributed by atoms with Gasteiger partial charge in [0.15, 0.2) is 6.61 Å². The van der Waals surface area contributed by atoms with Crippen LogP contribution in [0.1, 0.15) is 30.9 Å². The predicted molar refractivity (Wildman–Crippen MR) is 64.6 cm³/mol. The normalized spacial score (nSPS) is 10.6. The number of hydrogen-bond donors (Lipinski definition) is 1. The van der Waals surface area contributed by atoms with Crippen LogP contribution >= 0.6 is 0 Å². The van der Waals surface area contributed by atoms with Gasteiger partial charge >= 0.3 is 0 Å². The summed E-state index contributed by atoms with van der Waals surface area (Å²) in [5, 5.41) is 13.3. The number of aromatic hydroxyl groups is 1. The van der Waals surface area contributed by atoms with E-state index >= 15 is 0 Å². The molecule has 1 rings (SSSR count). The van der Waals surface area contributed by atoms with Gasteiger partial charge in [-0.2, -0.15) is 0 Å². The van der Waals surface area contributed by atoms with Crippen molar-refractivity contribution in [1.29, 1.82) is 0 Å². The number of phenols is 1. The molecule has 0 bridgehead atoms. The first-order valence-corrected chi connectivity index (χ1v) is 5.07. The van der Waals surface area contributed by atoms with Crippen LogP contribution in [0.2, 0.25) is 0 Å². The maximum Gasteiger partial charge on any atom is 0.177 e. The molecule has 0 aliphatic heterocycles. The van der Waals surface area contributed by atoms with Gasteiger partial charge in [-0.1, -0.05) is 31.0 Å². The molecule has 0 aliphatic rings. The molecule has 0 aliphatic carbocycles. The molecule has 16 heavy (non-hydrogen) atoms. The summed E-state index contributed by atoms with van der Waals surface area (Å²) in [5.74, 6) is 2.88. The maximum atomic E-state index is 9.59. The van der Waals surface area contributed by atoms with Crippen LogP contribution in [0.25, 0.3) is 0 Å². The second-order valence-corrected chi connectivity index (χ2v) is 3.69. The van der Waals surface area contributed by atoms with Crippen molar-refractivity contribution in [3.8, 4) is 18.1 Å². The van der Waals surface area contributed by atoms with Crippen molar-refractivity contribution in [2.45, 2.75) is 19.8 Å². The molecule has 1 N–H and O–H groups in total. The zero-order chi connectivity index (χ0) is 12.0. The summed E-state index contributed by atoms with van der Waals surface area (Å²) in [4.78, 5) is 4.76. The molecule has 0 atom stereocenters. The lowest BCUT2D eigenvalue weighted by molar-refractivity contribution is 0.181. The average molecular weight is 217 g/mol. The molecular weight excluding hydrogens is 202 g/mol. The Kier molecular flexibility index (Phi) is 4.41. The molecule has 0 spiro atoms. The molecule has 0 unspecified atom stereocenters. The lowest BCUT2D eigenvalue weighted by Crippen LogP contribution is -1.91. The number of terminal acetylenes is 1. The molecule has 1 aromatic carbocycles. The van der Waals surface area contributed by atoms with E-state index in [1.54, 1.807) is 6.07 Å². The number of nitrogens with zero attached hydrogens (tertiary/aromatic N) is 1. The van der Waals surface area contributed by atoms with Gasteiger partial charge in [0.1, 0.15) is 5.75 Å². The number of phenolic OH excluding ortho intramolecular Hbond substituents is 1. The third-order valence-electron chi connectivity index (χ3n) is 2.13. The van der Waals surface area contributed by atoms with E-state index in [0.717, 1.165) is 5.56 Å². The SMILES string of the molecule is C#CCO/N=C/c1cc(C(C)C)ccc1O. The molecule has 3 nitrogen and oxygen atoms in total. The Labute approximate surface area is 95.7 Å². The molecule has 0 aromatic heterocycles. The van der Waals surface area contributed by atoms with Crippen molar-refractivity contribution in [2.24, 2.45) is 5.16 Å². The quantitative estimate of drug-likeness (QED) is 0.364. The van der Waals surface area contributed by atoms with E-state index < -0.39 is 0 Å². The summed E-state index contributed by atoms with van der Waals surface area (Å²) in [7, 11) is 0. The first-order valence-electron chi connectivity index (χ1n) is 5.07. The summed E-state index contributed by atoms with van der Waals surface area (Å²) in [6.07, 6.45) is 6.46. The summed E-state index contributed by atoms with van der Waals surface area (Å²) >= 11 is 0. The molecule has 0 radical (unpaired) electrons. The van der Waals surface area contributed by atoms with Gasteiger partial charge in [0.25, 0.3) is 0 Å². The van der Waals surface area contributed by atoms with Crippen molar-refractivity contribution in [2.75, 3.05) is 6.61 Å². The van der Waals surface area contributed by atoms with Crippen LogP contribution in [0, 0.1) is 12.3 Å². The first-order chi connectivity index (χ1) is 7.65. The summed E-state index contributed by atoms with van der Waals surface area (Å²) in [5.41, 5.74) is 1.76. The highest BCUT2D eigenvalue weighted by Crippen LogP contribution is 2.21. The minimum absolute atomic E-state index is 0.126. The van der Waals surface area contributed by atoms with Crippen molar-refractivity contribution in [3.63, 3.8) is 0 Å². The van der Waals surface area contributed by atoms with Crippen LogP contribution in [-0.2, 0) is 4.84 Å². The lowest BCUT2D eigenvalue weighted by Gasteiger charge is -2.07. The molecule has 0 saturated heterocycles. The van der Waals surface area contributed by atoms with Crippen molar-refractivity contribution >= 4 is 6.21 Å². The van der Waals surface area contributed by atoms with E-state index in [9.17, 15) is 5.11 Å². The summed E-state index contributed by atoms with van der Waals surface area (Å²) in [6, 6.07) is 5.42. The van der Waals surface area contributed by atoms with E-state index in [1.165, 1.54) is 6.21 Å². The molecule has 0 heterocycles. The first kappa shape index (κ1) is 12.1. The van der Waals surface area contributed by atoms with E-state index in [0.29, 0.717) is 11.5 Å². The van der Waals surface area contributed by atoms with Crippen LogP contribution in [-0.4, -0.2) is 17.9 Å². The minimum atomic E-state index is 0.126. The fraction of sp³-hybridized carbons (Fsp3) is 0.308. The van der Waals surface area contributed by atoms with E-state index in [4.69, 9.17) is 11.3 Å². The highest BCUT2D eigenvalue weighted by atomic mass is 16.6. The summed E-state index contributed by atoms with van der Waals surface area (Å²) < 4.78 is 0. The fourth-order valence-electron chi connectivity index (χ4n) is 1.20. The third kappa shape index (κ3) is 3.32. The van der Waals surface area contributed by atoms with Crippen LogP contribution in [0.3, 0.4) is 0 Å². The van der Waals surface area contributed by atoms with Gasteiger partial charge in [-0.05, 0) is 23.6 Å². The number of benzene rings is 1. The second-order valence-electron chi connectivity index (χ2n) is 3.69. The Balaban J connectivity index is 2.82. The zero-order valence-electron chi connectivity index (χ0n) is 9.47. The van der Waals surface area contributed by atoms with Gasteiger partial charge < -0.3 is 9.94 Å². The molecule has 84 valence electrons. The molecule has 0 amide bonds. The van der Waals surface area contributed by atoms with Crippen LogP contribution in [0.4, 0.5) is 0 Å². The lowest BCUT2D eigenvalue weighted by atomic mass is 10.0. The Bertz CT molecular complexity index is 416. The summed E-state index contributed by atoms with van der Waals surface area (Å²) in [6.45, 7) is 4.30. The monoisotopic (exact) mass is 217 g/mol. The Hall–Kier alpha value is -1.95. The van der Waals surface area contributed by atoms with Gasteiger partial charge in [-0.15, -0.1) is 6.42 Å². The molecule has 1 aromatic rings. The largest absolute Gasteiger partial charge is 0.507 e. The van der Waals surface area contributed by atoms with E-state index in [2.05, 4.69) is 24.9 Å². The third-order valence-corrected chi connectivity index (χ3v) is 2.13. The van der Waals surface area contributed by atoms with Crippen LogP contribution < -0.4 is 0 Å². The van der Waals surface area contributed by atoms with Gasteiger partial charge in [0.2, 0.25) is 0 Å².